The Labute approximate surface area is 132 Å². The summed E-state index contributed by atoms with van der Waals surface area (Å²) in [5.74, 6) is 2.67. The lowest BCUT2D eigenvalue weighted by Crippen LogP contribution is -2.24. The standard InChI is InChI=1S/C16H27N5O/c1-12(20-15-7-9-18-16(15)17-3)19-14-6-5-10-21(11-8-14)13(2)22-4/h7,9,14,17-18H,2,5-6,8,10-11H2,1,3-4H3,(H,19,20). The third-order valence-corrected chi connectivity index (χ3v) is 3.97. The maximum atomic E-state index is 5.23. The van der Waals surface area contributed by atoms with Crippen molar-refractivity contribution in [3.05, 3.63) is 24.7 Å². The van der Waals surface area contributed by atoms with Crippen LogP contribution in [0.3, 0.4) is 0 Å². The minimum Gasteiger partial charge on any atom is -0.483 e. The van der Waals surface area contributed by atoms with Crippen molar-refractivity contribution >= 4 is 17.3 Å². The van der Waals surface area contributed by atoms with E-state index in [-0.39, 0.29) is 0 Å². The lowest BCUT2D eigenvalue weighted by molar-refractivity contribution is 0.158. The number of methoxy groups -OCH3 is 1. The van der Waals surface area contributed by atoms with Crippen LogP contribution in [-0.4, -0.2) is 49.0 Å². The monoisotopic (exact) mass is 305 g/mol. The molecule has 0 bridgehead atoms. The van der Waals surface area contributed by atoms with Gasteiger partial charge in [0.1, 0.15) is 5.82 Å². The molecule has 1 atom stereocenters. The summed E-state index contributed by atoms with van der Waals surface area (Å²) >= 11 is 0. The molecule has 2 rings (SSSR count). The number of ether oxygens (including phenoxy) is 1. The molecule has 1 aromatic heterocycles. The van der Waals surface area contributed by atoms with Gasteiger partial charge in [-0.3, -0.25) is 4.99 Å². The lowest BCUT2D eigenvalue weighted by atomic mass is 10.1. The molecule has 3 N–H and O–H groups in total. The van der Waals surface area contributed by atoms with Gasteiger partial charge in [-0.25, -0.2) is 0 Å². The van der Waals surface area contributed by atoms with E-state index in [2.05, 4.69) is 27.1 Å². The van der Waals surface area contributed by atoms with Gasteiger partial charge in [-0.1, -0.05) is 0 Å². The number of anilines is 2. The van der Waals surface area contributed by atoms with Crippen molar-refractivity contribution in [1.82, 2.24) is 9.88 Å². The van der Waals surface area contributed by atoms with Crippen LogP contribution < -0.4 is 10.6 Å². The summed E-state index contributed by atoms with van der Waals surface area (Å²) in [6.45, 7) is 7.89. The molecule has 0 saturated carbocycles. The Balaban J connectivity index is 1.93. The highest BCUT2D eigenvalue weighted by Gasteiger charge is 2.17. The van der Waals surface area contributed by atoms with E-state index in [1.165, 1.54) is 0 Å². The number of nitrogens with zero attached hydrogens (tertiary/aromatic N) is 2. The van der Waals surface area contributed by atoms with Crippen LogP contribution in [0.2, 0.25) is 0 Å². The Morgan fingerprint density at radius 1 is 1.45 bits per heavy atom. The van der Waals surface area contributed by atoms with Gasteiger partial charge in [-0.2, -0.15) is 0 Å². The van der Waals surface area contributed by atoms with Crippen molar-refractivity contribution in [2.24, 2.45) is 4.99 Å². The van der Waals surface area contributed by atoms with Crippen LogP contribution in [0.5, 0.6) is 0 Å². The summed E-state index contributed by atoms with van der Waals surface area (Å²) < 4.78 is 5.23. The Bertz CT molecular complexity index is 522. The SMILES string of the molecule is C=C(OC)N1CCCC(N=C(C)Nc2cc[nH]c2NC)CC1. The zero-order valence-electron chi connectivity index (χ0n) is 13.8. The highest BCUT2D eigenvalue weighted by atomic mass is 16.5. The predicted octanol–water partition coefficient (Wildman–Crippen LogP) is 2.86. The zero-order chi connectivity index (χ0) is 15.9. The van der Waals surface area contributed by atoms with Crippen molar-refractivity contribution < 1.29 is 4.74 Å². The molecule has 2 heterocycles. The molecule has 0 spiro atoms. The van der Waals surface area contributed by atoms with Gasteiger partial charge in [0.15, 0.2) is 5.88 Å². The highest BCUT2D eigenvalue weighted by molar-refractivity contribution is 5.96. The predicted molar refractivity (Wildman–Crippen MR) is 92.4 cm³/mol. The first-order chi connectivity index (χ1) is 10.6. The van der Waals surface area contributed by atoms with Gasteiger partial charge < -0.3 is 25.3 Å². The van der Waals surface area contributed by atoms with Gasteiger partial charge in [0, 0.05) is 26.3 Å². The van der Waals surface area contributed by atoms with E-state index in [1.54, 1.807) is 7.11 Å². The maximum Gasteiger partial charge on any atom is 0.181 e. The summed E-state index contributed by atoms with van der Waals surface area (Å²) in [5.41, 5.74) is 1.02. The first kappa shape index (κ1) is 16.3. The molecule has 1 aliphatic heterocycles. The van der Waals surface area contributed by atoms with Gasteiger partial charge in [-0.15, -0.1) is 0 Å². The van der Waals surface area contributed by atoms with Crippen molar-refractivity contribution in [2.45, 2.75) is 32.2 Å². The summed E-state index contributed by atoms with van der Waals surface area (Å²) in [6.07, 6.45) is 5.13. The van der Waals surface area contributed by atoms with Gasteiger partial charge >= 0.3 is 0 Å². The van der Waals surface area contributed by atoms with Crippen LogP contribution in [-0.2, 0) is 4.74 Å². The molecule has 122 valence electrons. The Morgan fingerprint density at radius 3 is 3.00 bits per heavy atom. The molecule has 1 aromatic rings. The molecule has 1 aliphatic rings. The number of nitrogens with one attached hydrogen (secondary N) is 3. The number of aliphatic imine (C=N–C) groups is 1. The zero-order valence-corrected chi connectivity index (χ0v) is 13.8. The molecule has 1 saturated heterocycles. The number of rotatable bonds is 5. The van der Waals surface area contributed by atoms with E-state index in [9.17, 15) is 0 Å². The molecular weight excluding hydrogens is 278 g/mol. The van der Waals surface area contributed by atoms with Gasteiger partial charge in [0.05, 0.1) is 24.7 Å². The molecule has 0 aromatic carbocycles. The number of likely N-dealkylation sites (tertiary alicyclic amines) is 1. The summed E-state index contributed by atoms with van der Waals surface area (Å²) in [6, 6.07) is 2.35. The topological polar surface area (TPSA) is 64.7 Å². The Kier molecular flexibility index (Phi) is 5.75. The third-order valence-electron chi connectivity index (χ3n) is 3.97. The number of H-pyrrole nitrogens is 1. The van der Waals surface area contributed by atoms with E-state index in [4.69, 9.17) is 9.73 Å². The highest BCUT2D eigenvalue weighted by Crippen LogP contribution is 2.20. The quantitative estimate of drug-likeness (QED) is 0.445. The second-order valence-electron chi connectivity index (χ2n) is 5.53. The van der Waals surface area contributed by atoms with Crippen LogP contribution in [0, 0.1) is 0 Å². The fourth-order valence-corrected chi connectivity index (χ4v) is 2.77. The molecule has 0 amide bonds. The van der Waals surface area contributed by atoms with Crippen LogP contribution in [0.15, 0.2) is 29.7 Å². The fraction of sp³-hybridized carbons (Fsp3) is 0.562. The second kappa shape index (κ2) is 7.77. The Hall–Kier alpha value is -2.11. The van der Waals surface area contributed by atoms with Crippen LogP contribution in [0.1, 0.15) is 26.2 Å². The van der Waals surface area contributed by atoms with Crippen molar-refractivity contribution in [2.75, 3.05) is 37.9 Å². The van der Waals surface area contributed by atoms with E-state index in [1.807, 2.05) is 26.2 Å². The number of aromatic amines is 1. The third kappa shape index (κ3) is 4.19. The fourth-order valence-electron chi connectivity index (χ4n) is 2.77. The van der Waals surface area contributed by atoms with Gasteiger partial charge in [-0.05, 0) is 38.8 Å². The number of aromatic nitrogens is 1. The van der Waals surface area contributed by atoms with E-state index < -0.39 is 0 Å². The molecule has 6 nitrogen and oxygen atoms in total. The summed E-state index contributed by atoms with van der Waals surface area (Å²) in [7, 11) is 3.57. The van der Waals surface area contributed by atoms with Crippen LogP contribution >= 0.6 is 0 Å². The lowest BCUT2D eigenvalue weighted by Gasteiger charge is -2.23. The summed E-state index contributed by atoms with van der Waals surface area (Å²) in [5, 5.41) is 6.47. The molecule has 0 radical (unpaired) electrons. The molecule has 1 fully saturated rings. The number of hydrogen-bond acceptors (Lipinski definition) is 4. The first-order valence-electron chi connectivity index (χ1n) is 7.78. The second-order valence-corrected chi connectivity index (χ2v) is 5.53. The average molecular weight is 305 g/mol. The van der Waals surface area contributed by atoms with Crippen molar-refractivity contribution in [3.8, 4) is 0 Å². The van der Waals surface area contributed by atoms with E-state index >= 15 is 0 Å². The number of hydrogen-bond donors (Lipinski definition) is 3. The van der Waals surface area contributed by atoms with E-state index in [0.29, 0.717) is 6.04 Å². The van der Waals surface area contributed by atoms with Gasteiger partial charge in [0.25, 0.3) is 0 Å². The largest absolute Gasteiger partial charge is 0.483 e. The normalized spacial score (nSPS) is 19.5. The average Bonchev–Trinajstić information content (AvgIpc) is 2.83. The van der Waals surface area contributed by atoms with Crippen LogP contribution in [0.4, 0.5) is 11.5 Å². The minimum atomic E-state index is 0.346. The summed E-state index contributed by atoms with van der Waals surface area (Å²) in [4.78, 5) is 10.2. The molecule has 0 aliphatic carbocycles. The van der Waals surface area contributed by atoms with Gasteiger partial charge in [0.2, 0.25) is 0 Å². The molecular formula is C16H27N5O. The smallest absolute Gasteiger partial charge is 0.181 e. The van der Waals surface area contributed by atoms with Crippen molar-refractivity contribution in [3.63, 3.8) is 0 Å². The van der Waals surface area contributed by atoms with E-state index in [0.717, 1.165) is 55.6 Å². The maximum absolute atomic E-state index is 5.23. The molecule has 6 heteroatoms. The first-order valence-corrected chi connectivity index (χ1v) is 7.78. The molecule has 1 unspecified atom stereocenters. The van der Waals surface area contributed by atoms with Crippen LogP contribution in [0.25, 0.3) is 0 Å². The van der Waals surface area contributed by atoms with Crippen molar-refractivity contribution in [1.29, 1.82) is 0 Å². The number of amidine groups is 1. The minimum absolute atomic E-state index is 0.346. The molecule has 22 heavy (non-hydrogen) atoms. The Morgan fingerprint density at radius 2 is 2.27 bits per heavy atom.